The van der Waals surface area contributed by atoms with Gasteiger partial charge in [-0.15, -0.1) is 12.4 Å². The molecule has 0 unspecified atom stereocenters. The molecule has 0 bridgehead atoms. The molecule has 0 saturated heterocycles. The number of hydrogen-bond acceptors (Lipinski definition) is 2. The summed E-state index contributed by atoms with van der Waals surface area (Å²) in [7, 11) is 0. The van der Waals surface area contributed by atoms with Gasteiger partial charge in [0, 0.05) is 29.6 Å². The van der Waals surface area contributed by atoms with Gasteiger partial charge in [-0.05, 0) is 37.1 Å². The normalized spacial score (nSPS) is 9.95. The average molecular weight is 340 g/mol. The summed E-state index contributed by atoms with van der Waals surface area (Å²) < 4.78 is 0. The van der Waals surface area contributed by atoms with Crippen molar-refractivity contribution >= 4 is 41.5 Å². The number of carbonyl (C=O) groups excluding carboxylic acids is 1. The smallest absolute Gasteiger partial charge is 0.220 e. The Morgan fingerprint density at radius 2 is 1.95 bits per heavy atom. The van der Waals surface area contributed by atoms with Gasteiger partial charge >= 0.3 is 0 Å². The van der Waals surface area contributed by atoms with Crippen molar-refractivity contribution in [1.29, 1.82) is 0 Å². The molecule has 0 fully saturated rings. The van der Waals surface area contributed by atoms with Gasteiger partial charge in [0.05, 0.1) is 0 Å². The topological polar surface area (TPSA) is 41.1 Å². The van der Waals surface area contributed by atoms with Gasteiger partial charge in [-0.2, -0.15) is 0 Å². The van der Waals surface area contributed by atoms with Crippen LogP contribution in [0, 0.1) is 0 Å². The van der Waals surface area contributed by atoms with E-state index in [4.69, 9.17) is 23.2 Å². The number of aryl methyl sites for hydroxylation is 1. The van der Waals surface area contributed by atoms with Gasteiger partial charge in [-0.25, -0.2) is 0 Å². The summed E-state index contributed by atoms with van der Waals surface area (Å²) in [4.78, 5) is 11.6. The van der Waals surface area contributed by atoms with Crippen molar-refractivity contribution in [3.8, 4) is 0 Å². The number of benzene rings is 1. The summed E-state index contributed by atoms with van der Waals surface area (Å²) in [5.74, 6) is 0.0457. The van der Waals surface area contributed by atoms with Crippen LogP contribution in [-0.2, 0) is 11.2 Å². The molecule has 3 nitrogen and oxygen atoms in total. The Morgan fingerprint density at radius 3 is 2.60 bits per heavy atom. The Morgan fingerprint density at radius 1 is 1.20 bits per heavy atom. The van der Waals surface area contributed by atoms with Crippen molar-refractivity contribution in [2.75, 3.05) is 19.6 Å². The molecule has 0 saturated carbocycles. The van der Waals surface area contributed by atoms with Crippen LogP contribution < -0.4 is 10.6 Å². The third-order valence-electron chi connectivity index (χ3n) is 2.69. The molecule has 1 amide bonds. The molecule has 2 N–H and O–H groups in total. The summed E-state index contributed by atoms with van der Waals surface area (Å²) in [6.45, 7) is 4.56. The van der Waals surface area contributed by atoms with Crippen LogP contribution in [0.1, 0.15) is 25.3 Å². The van der Waals surface area contributed by atoms with E-state index in [1.54, 1.807) is 12.1 Å². The predicted octanol–water partition coefficient (Wildman–Crippen LogP) is 3.46. The minimum atomic E-state index is 0. The number of amides is 1. The van der Waals surface area contributed by atoms with Gasteiger partial charge in [0.15, 0.2) is 0 Å². The maximum Gasteiger partial charge on any atom is 0.220 e. The standard InChI is InChI=1S/C14H20Cl2N2O.ClH/c1-2-7-17-8-9-18-14(19)6-4-11-3-5-12(15)10-13(11)16;/h3,5,10,17H,2,4,6-9H2,1H3,(H,18,19);1H. The van der Waals surface area contributed by atoms with E-state index in [0.29, 0.717) is 29.4 Å². The molecule has 1 aromatic carbocycles. The molecule has 114 valence electrons. The van der Waals surface area contributed by atoms with Crippen LogP contribution in [-0.4, -0.2) is 25.5 Å². The zero-order valence-corrected chi connectivity index (χ0v) is 13.9. The maximum absolute atomic E-state index is 11.6. The van der Waals surface area contributed by atoms with Crippen LogP contribution in [0.2, 0.25) is 10.0 Å². The largest absolute Gasteiger partial charge is 0.355 e. The van der Waals surface area contributed by atoms with Crippen molar-refractivity contribution in [2.24, 2.45) is 0 Å². The third kappa shape index (κ3) is 7.95. The Hall–Kier alpha value is -0.480. The second-order valence-corrected chi connectivity index (χ2v) is 5.18. The van der Waals surface area contributed by atoms with E-state index in [1.807, 2.05) is 6.07 Å². The fraction of sp³-hybridized carbons (Fsp3) is 0.500. The van der Waals surface area contributed by atoms with Gasteiger partial charge in [-0.1, -0.05) is 36.2 Å². The van der Waals surface area contributed by atoms with Crippen molar-refractivity contribution < 1.29 is 4.79 Å². The van der Waals surface area contributed by atoms with E-state index < -0.39 is 0 Å². The molecule has 0 aromatic heterocycles. The molecule has 20 heavy (non-hydrogen) atoms. The van der Waals surface area contributed by atoms with Crippen LogP contribution in [0.5, 0.6) is 0 Å². The molecule has 0 atom stereocenters. The van der Waals surface area contributed by atoms with E-state index in [1.165, 1.54) is 0 Å². The summed E-state index contributed by atoms with van der Waals surface area (Å²) in [5.41, 5.74) is 0.949. The minimum Gasteiger partial charge on any atom is -0.355 e. The Labute approximate surface area is 136 Å². The van der Waals surface area contributed by atoms with Crippen molar-refractivity contribution in [3.05, 3.63) is 33.8 Å². The first kappa shape index (κ1) is 19.5. The predicted molar refractivity (Wildman–Crippen MR) is 88.2 cm³/mol. The zero-order valence-electron chi connectivity index (χ0n) is 11.5. The Bertz CT molecular complexity index is 413. The first-order chi connectivity index (χ1) is 9.13. The summed E-state index contributed by atoms with van der Waals surface area (Å²) >= 11 is 11.9. The van der Waals surface area contributed by atoms with Crippen LogP contribution in [0.25, 0.3) is 0 Å². The molecule has 0 aliphatic rings. The lowest BCUT2D eigenvalue weighted by molar-refractivity contribution is -0.121. The van der Waals surface area contributed by atoms with Crippen LogP contribution in [0.3, 0.4) is 0 Å². The van der Waals surface area contributed by atoms with Gasteiger partial charge in [0.1, 0.15) is 0 Å². The van der Waals surface area contributed by atoms with Crippen LogP contribution >= 0.6 is 35.6 Å². The zero-order chi connectivity index (χ0) is 14.1. The Kier molecular flexibility index (Phi) is 10.9. The summed E-state index contributed by atoms with van der Waals surface area (Å²) in [6, 6.07) is 5.35. The SMILES string of the molecule is CCCNCCNC(=O)CCc1ccc(Cl)cc1Cl.Cl. The van der Waals surface area contributed by atoms with Crippen molar-refractivity contribution in [3.63, 3.8) is 0 Å². The lowest BCUT2D eigenvalue weighted by Gasteiger charge is -2.07. The first-order valence-electron chi connectivity index (χ1n) is 6.54. The van der Waals surface area contributed by atoms with E-state index >= 15 is 0 Å². The molecule has 6 heteroatoms. The van der Waals surface area contributed by atoms with Gasteiger partial charge in [0.25, 0.3) is 0 Å². The van der Waals surface area contributed by atoms with E-state index in [0.717, 1.165) is 25.1 Å². The maximum atomic E-state index is 11.6. The van der Waals surface area contributed by atoms with Crippen LogP contribution in [0.15, 0.2) is 18.2 Å². The second kappa shape index (κ2) is 11.2. The molecular formula is C14H21Cl3N2O. The number of carbonyl (C=O) groups is 1. The number of hydrogen-bond donors (Lipinski definition) is 2. The molecule has 0 spiro atoms. The number of nitrogens with one attached hydrogen (secondary N) is 2. The molecule has 0 aliphatic carbocycles. The fourth-order valence-electron chi connectivity index (χ4n) is 1.65. The molecular weight excluding hydrogens is 319 g/mol. The molecule has 1 rings (SSSR count). The Balaban J connectivity index is 0.00000361. The second-order valence-electron chi connectivity index (χ2n) is 4.34. The molecule has 0 heterocycles. The molecule has 1 aromatic rings. The first-order valence-corrected chi connectivity index (χ1v) is 7.30. The van der Waals surface area contributed by atoms with E-state index in [2.05, 4.69) is 17.6 Å². The minimum absolute atomic E-state index is 0. The molecule has 0 radical (unpaired) electrons. The quantitative estimate of drug-likeness (QED) is 0.712. The summed E-state index contributed by atoms with van der Waals surface area (Å²) in [6.07, 6.45) is 2.17. The van der Waals surface area contributed by atoms with E-state index in [-0.39, 0.29) is 18.3 Å². The highest BCUT2D eigenvalue weighted by Gasteiger charge is 2.05. The van der Waals surface area contributed by atoms with Gasteiger partial charge < -0.3 is 10.6 Å². The highest BCUT2D eigenvalue weighted by atomic mass is 35.5. The van der Waals surface area contributed by atoms with Gasteiger partial charge in [-0.3, -0.25) is 4.79 Å². The highest BCUT2D eigenvalue weighted by Crippen LogP contribution is 2.21. The third-order valence-corrected chi connectivity index (χ3v) is 3.27. The van der Waals surface area contributed by atoms with Gasteiger partial charge in [0.2, 0.25) is 5.91 Å². The van der Waals surface area contributed by atoms with Crippen molar-refractivity contribution in [2.45, 2.75) is 26.2 Å². The average Bonchev–Trinajstić information content (AvgIpc) is 2.37. The van der Waals surface area contributed by atoms with Crippen LogP contribution in [0.4, 0.5) is 0 Å². The number of halogens is 3. The lowest BCUT2D eigenvalue weighted by Crippen LogP contribution is -2.32. The molecule has 0 aliphatic heterocycles. The van der Waals surface area contributed by atoms with Crippen molar-refractivity contribution in [1.82, 2.24) is 10.6 Å². The monoisotopic (exact) mass is 338 g/mol. The van der Waals surface area contributed by atoms with E-state index in [9.17, 15) is 4.79 Å². The summed E-state index contributed by atoms with van der Waals surface area (Å²) in [5, 5.41) is 7.33. The lowest BCUT2D eigenvalue weighted by atomic mass is 10.1. The fourth-order valence-corrected chi connectivity index (χ4v) is 2.16. The highest BCUT2D eigenvalue weighted by molar-refractivity contribution is 6.35. The number of rotatable bonds is 8.